The number of nitrogens with one attached hydrogen (secondary N) is 2. The van der Waals surface area contributed by atoms with Gasteiger partial charge in [0.2, 0.25) is 11.9 Å². The minimum Gasteiger partial charge on any atom is -0.347 e. The highest BCUT2D eigenvalue weighted by Gasteiger charge is 2.10. The topological polar surface area (TPSA) is 95.9 Å². The van der Waals surface area contributed by atoms with Gasteiger partial charge in [-0.25, -0.2) is 4.98 Å². The quantitative estimate of drug-likeness (QED) is 0.695. The number of nitrogens with zero attached hydrogens (tertiary/aromatic N) is 5. The Morgan fingerprint density at radius 3 is 2.56 bits per heavy atom. The highest BCUT2D eigenvalue weighted by molar-refractivity contribution is 6.04. The monoisotopic (exact) mass is 363 g/mol. The second-order valence-corrected chi connectivity index (χ2v) is 6.00. The van der Waals surface area contributed by atoms with Gasteiger partial charge in [0, 0.05) is 38.0 Å². The van der Waals surface area contributed by atoms with Crippen molar-refractivity contribution in [3.63, 3.8) is 0 Å². The van der Waals surface area contributed by atoms with Crippen molar-refractivity contribution in [1.29, 1.82) is 0 Å². The predicted molar refractivity (Wildman–Crippen MR) is 105 cm³/mol. The van der Waals surface area contributed by atoms with Crippen LogP contribution in [0.4, 0.5) is 23.4 Å². The third-order valence-corrected chi connectivity index (χ3v) is 3.68. The van der Waals surface area contributed by atoms with E-state index in [4.69, 9.17) is 0 Å². The van der Waals surface area contributed by atoms with Gasteiger partial charge in [-0.2, -0.15) is 15.0 Å². The van der Waals surface area contributed by atoms with Gasteiger partial charge in [0.25, 0.3) is 5.91 Å². The molecule has 0 aliphatic heterocycles. The zero-order chi connectivity index (χ0) is 19.2. The summed E-state index contributed by atoms with van der Waals surface area (Å²) >= 11 is 0. The predicted octanol–water partition coefficient (Wildman–Crippen LogP) is 2.89. The van der Waals surface area contributed by atoms with Crippen LogP contribution in [0.15, 0.2) is 48.7 Å². The van der Waals surface area contributed by atoms with E-state index in [0.717, 1.165) is 5.69 Å². The third-order valence-electron chi connectivity index (χ3n) is 3.68. The van der Waals surface area contributed by atoms with Gasteiger partial charge in [-0.15, -0.1) is 0 Å². The number of hydrogen-bond donors (Lipinski definition) is 2. The van der Waals surface area contributed by atoms with Crippen molar-refractivity contribution < 1.29 is 4.79 Å². The van der Waals surface area contributed by atoms with Crippen molar-refractivity contribution in [1.82, 2.24) is 19.9 Å². The molecule has 0 aliphatic carbocycles. The number of hydrogen-bond acceptors (Lipinski definition) is 7. The maximum absolute atomic E-state index is 12.4. The molecule has 0 bridgehead atoms. The lowest BCUT2D eigenvalue weighted by Crippen LogP contribution is -2.16. The van der Waals surface area contributed by atoms with Crippen LogP contribution >= 0.6 is 0 Å². The van der Waals surface area contributed by atoms with Gasteiger partial charge in [0.1, 0.15) is 11.6 Å². The minimum absolute atomic E-state index is 0.217. The van der Waals surface area contributed by atoms with Crippen LogP contribution in [0.5, 0.6) is 0 Å². The molecule has 0 unspecified atom stereocenters. The number of carbonyl (C=O) groups is 1. The molecule has 27 heavy (non-hydrogen) atoms. The van der Waals surface area contributed by atoms with Crippen molar-refractivity contribution in [3.05, 3.63) is 60.0 Å². The molecule has 138 valence electrons. The number of para-hydroxylation sites is 1. The summed E-state index contributed by atoms with van der Waals surface area (Å²) in [6, 6.07) is 12.6. The average molecular weight is 363 g/mol. The molecule has 0 spiro atoms. The fourth-order valence-corrected chi connectivity index (χ4v) is 2.30. The van der Waals surface area contributed by atoms with E-state index in [1.165, 1.54) is 0 Å². The summed E-state index contributed by atoms with van der Waals surface area (Å²) in [7, 11) is 3.73. The Labute approximate surface area is 157 Å². The summed E-state index contributed by atoms with van der Waals surface area (Å²) < 4.78 is 0. The summed E-state index contributed by atoms with van der Waals surface area (Å²) in [6.07, 6.45) is 2.25. The van der Waals surface area contributed by atoms with Crippen LogP contribution in [-0.4, -0.2) is 39.9 Å². The fraction of sp³-hybridized carbons (Fsp3) is 0.211. The second-order valence-electron chi connectivity index (χ2n) is 6.00. The third kappa shape index (κ3) is 4.75. The van der Waals surface area contributed by atoms with Crippen LogP contribution in [0.3, 0.4) is 0 Å². The van der Waals surface area contributed by atoms with Gasteiger partial charge in [-0.05, 0) is 24.3 Å². The molecule has 1 aromatic carbocycles. The molecule has 0 aliphatic rings. The summed E-state index contributed by atoms with van der Waals surface area (Å²) in [6.45, 7) is 1.98. The first-order valence-electron chi connectivity index (χ1n) is 8.57. The largest absolute Gasteiger partial charge is 0.347 e. The molecule has 0 saturated heterocycles. The molecule has 3 rings (SSSR count). The Balaban J connectivity index is 1.80. The zero-order valence-electron chi connectivity index (χ0n) is 15.5. The van der Waals surface area contributed by atoms with Crippen LogP contribution < -0.4 is 15.5 Å². The van der Waals surface area contributed by atoms with Gasteiger partial charge in [-0.3, -0.25) is 4.79 Å². The van der Waals surface area contributed by atoms with Gasteiger partial charge in [0.05, 0.1) is 0 Å². The standard InChI is InChI=1S/C19H21N7O/c1-4-15-22-18(25-19(24-15)26(2)3)23-16-12-13(10-11-20-16)17(27)21-14-8-6-5-7-9-14/h5-12H,4H2,1-3H3,(H,21,27)(H,20,22,23,24,25). The number of amides is 1. The van der Waals surface area contributed by atoms with E-state index in [1.54, 1.807) is 18.3 Å². The Bertz CT molecular complexity index is 928. The van der Waals surface area contributed by atoms with Crippen LogP contribution in [0.1, 0.15) is 23.1 Å². The molecule has 0 fully saturated rings. The molecule has 8 nitrogen and oxygen atoms in total. The number of aromatic nitrogens is 4. The Morgan fingerprint density at radius 1 is 1.07 bits per heavy atom. The normalized spacial score (nSPS) is 10.3. The zero-order valence-corrected chi connectivity index (χ0v) is 15.5. The molecule has 2 N–H and O–H groups in total. The van der Waals surface area contributed by atoms with E-state index in [0.29, 0.717) is 35.5 Å². The number of pyridine rings is 1. The second kappa shape index (κ2) is 8.22. The number of rotatable bonds is 6. The lowest BCUT2D eigenvalue weighted by atomic mass is 10.2. The van der Waals surface area contributed by atoms with E-state index >= 15 is 0 Å². The van der Waals surface area contributed by atoms with Crippen LogP contribution in [0.25, 0.3) is 0 Å². The molecule has 3 aromatic rings. The first-order valence-corrected chi connectivity index (χ1v) is 8.57. The molecule has 8 heteroatoms. The van der Waals surface area contributed by atoms with Crippen molar-refractivity contribution in [2.75, 3.05) is 29.6 Å². The lowest BCUT2D eigenvalue weighted by molar-refractivity contribution is 0.102. The fourth-order valence-electron chi connectivity index (χ4n) is 2.30. The number of aryl methyl sites for hydroxylation is 1. The summed E-state index contributed by atoms with van der Waals surface area (Å²) in [4.78, 5) is 31.6. The molecule has 0 radical (unpaired) electrons. The Hall–Kier alpha value is -3.55. The molecule has 1 amide bonds. The van der Waals surface area contributed by atoms with E-state index in [9.17, 15) is 4.79 Å². The number of carbonyl (C=O) groups excluding carboxylic acids is 1. The van der Waals surface area contributed by atoms with Crippen molar-refractivity contribution in [3.8, 4) is 0 Å². The molecule has 2 aromatic heterocycles. The summed E-state index contributed by atoms with van der Waals surface area (Å²) in [5.41, 5.74) is 1.21. The van der Waals surface area contributed by atoms with E-state index in [1.807, 2.05) is 56.3 Å². The van der Waals surface area contributed by atoms with E-state index in [-0.39, 0.29) is 5.91 Å². The molecular formula is C19H21N7O. The van der Waals surface area contributed by atoms with Crippen molar-refractivity contribution in [2.45, 2.75) is 13.3 Å². The first kappa shape index (κ1) is 18.2. The summed E-state index contributed by atoms with van der Waals surface area (Å²) in [5.74, 6) is 1.88. The highest BCUT2D eigenvalue weighted by atomic mass is 16.1. The maximum atomic E-state index is 12.4. The molecule has 0 atom stereocenters. The molecule has 2 heterocycles. The van der Waals surface area contributed by atoms with Gasteiger partial charge in [-0.1, -0.05) is 25.1 Å². The average Bonchev–Trinajstić information content (AvgIpc) is 2.68. The number of anilines is 4. The van der Waals surface area contributed by atoms with Gasteiger partial charge < -0.3 is 15.5 Å². The SMILES string of the molecule is CCc1nc(Nc2cc(C(=O)Nc3ccccc3)ccn2)nc(N(C)C)n1. The van der Waals surface area contributed by atoms with E-state index < -0.39 is 0 Å². The van der Waals surface area contributed by atoms with Crippen molar-refractivity contribution >= 4 is 29.3 Å². The van der Waals surface area contributed by atoms with E-state index in [2.05, 4.69) is 30.6 Å². The number of benzene rings is 1. The molecular weight excluding hydrogens is 342 g/mol. The highest BCUT2D eigenvalue weighted by Crippen LogP contribution is 2.16. The van der Waals surface area contributed by atoms with Crippen LogP contribution in [-0.2, 0) is 6.42 Å². The maximum Gasteiger partial charge on any atom is 0.255 e. The van der Waals surface area contributed by atoms with Crippen LogP contribution in [0, 0.1) is 0 Å². The summed E-state index contributed by atoms with van der Waals surface area (Å²) in [5, 5.41) is 5.90. The van der Waals surface area contributed by atoms with Gasteiger partial charge in [0.15, 0.2) is 0 Å². The Morgan fingerprint density at radius 2 is 1.85 bits per heavy atom. The van der Waals surface area contributed by atoms with Crippen LogP contribution in [0.2, 0.25) is 0 Å². The smallest absolute Gasteiger partial charge is 0.255 e. The Kier molecular flexibility index (Phi) is 5.55. The molecule has 0 saturated carbocycles. The lowest BCUT2D eigenvalue weighted by Gasteiger charge is -2.13. The first-order chi connectivity index (χ1) is 13.0. The van der Waals surface area contributed by atoms with Crippen molar-refractivity contribution in [2.24, 2.45) is 0 Å². The minimum atomic E-state index is -0.217. The van der Waals surface area contributed by atoms with Gasteiger partial charge >= 0.3 is 0 Å².